The van der Waals surface area contributed by atoms with Crippen molar-refractivity contribution < 1.29 is 24.0 Å². The van der Waals surface area contributed by atoms with E-state index in [1.165, 1.54) is 6.42 Å². The fourth-order valence-electron chi connectivity index (χ4n) is 5.36. The van der Waals surface area contributed by atoms with Crippen LogP contribution in [0.25, 0.3) is 0 Å². The van der Waals surface area contributed by atoms with Crippen LogP contribution in [0, 0.1) is 23.7 Å². The summed E-state index contributed by atoms with van der Waals surface area (Å²) in [5.41, 5.74) is -0.749. The van der Waals surface area contributed by atoms with Crippen LogP contribution in [0.15, 0.2) is 0 Å². The molecular weight excluding hydrogens is 308 g/mol. The lowest BCUT2D eigenvalue weighted by molar-refractivity contribution is -0.578. The van der Waals surface area contributed by atoms with Crippen LogP contribution >= 0.6 is 0 Å². The van der Waals surface area contributed by atoms with Crippen molar-refractivity contribution in [1.29, 1.82) is 0 Å². The maximum Gasteiger partial charge on any atom is 0.201 e. The Hall–Kier alpha value is -0.200. The SMILES string of the molecule is C[C@H]1[C@H](OC(C)(C)C)O[C@@H]2OC3(C)CC[C@H]4[C@H](C)CC[C@@H]1[C@@]24OO3. The summed E-state index contributed by atoms with van der Waals surface area (Å²) in [6.07, 6.45) is 3.54. The monoisotopic (exact) mass is 340 g/mol. The minimum atomic E-state index is -0.718. The van der Waals surface area contributed by atoms with Gasteiger partial charge in [-0.3, -0.25) is 0 Å². The van der Waals surface area contributed by atoms with Crippen LogP contribution in [0.5, 0.6) is 0 Å². The summed E-state index contributed by atoms with van der Waals surface area (Å²) >= 11 is 0. The van der Waals surface area contributed by atoms with Crippen molar-refractivity contribution in [2.24, 2.45) is 23.7 Å². The summed E-state index contributed by atoms with van der Waals surface area (Å²) in [6.45, 7) is 12.7. The van der Waals surface area contributed by atoms with Crippen LogP contribution in [-0.2, 0) is 24.0 Å². The van der Waals surface area contributed by atoms with Gasteiger partial charge in [-0.15, -0.1) is 0 Å². The van der Waals surface area contributed by atoms with E-state index in [0.29, 0.717) is 17.8 Å². The number of rotatable bonds is 1. The van der Waals surface area contributed by atoms with E-state index in [2.05, 4.69) is 34.6 Å². The van der Waals surface area contributed by atoms with Crippen molar-refractivity contribution in [2.75, 3.05) is 0 Å². The molecule has 4 saturated heterocycles. The zero-order valence-corrected chi connectivity index (χ0v) is 15.8. The molecule has 2 bridgehead atoms. The predicted molar refractivity (Wildman–Crippen MR) is 87.7 cm³/mol. The second-order valence-electron chi connectivity index (χ2n) is 9.50. The van der Waals surface area contributed by atoms with Gasteiger partial charge in [0.1, 0.15) is 0 Å². The van der Waals surface area contributed by atoms with E-state index in [-0.39, 0.29) is 17.8 Å². The number of ether oxygens (including phenoxy) is 3. The standard InChI is InChI=1S/C19H32O5/c1-11-7-8-14-12(2)15(21-17(3,4)5)20-16-19(14)13(11)9-10-18(6,22-16)23-24-19/h11-16H,7-10H2,1-6H3/t11-,12-,13+,14+,15+,16-,18?,19-/m1/s1. The summed E-state index contributed by atoms with van der Waals surface area (Å²) in [5.74, 6) is 0.846. The first-order chi connectivity index (χ1) is 11.1. The molecule has 138 valence electrons. The Kier molecular flexibility index (Phi) is 3.87. The Morgan fingerprint density at radius 1 is 1.00 bits per heavy atom. The molecule has 4 heterocycles. The highest BCUT2D eigenvalue weighted by Crippen LogP contribution is 2.60. The van der Waals surface area contributed by atoms with Crippen molar-refractivity contribution in [3.8, 4) is 0 Å². The van der Waals surface area contributed by atoms with Crippen LogP contribution in [0.4, 0.5) is 0 Å². The molecule has 5 rings (SSSR count). The van der Waals surface area contributed by atoms with Crippen LogP contribution in [-0.4, -0.2) is 29.6 Å². The van der Waals surface area contributed by atoms with Crippen molar-refractivity contribution in [1.82, 2.24) is 0 Å². The van der Waals surface area contributed by atoms with Gasteiger partial charge in [-0.1, -0.05) is 13.8 Å². The highest BCUT2D eigenvalue weighted by Gasteiger charge is 2.69. The van der Waals surface area contributed by atoms with E-state index in [0.717, 1.165) is 19.3 Å². The lowest BCUT2D eigenvalue weighted by Crippen LogP contribution is -2.70. The molecule has 24 heavy (non-hydrogen) atoms. The summed E-state index contributed by atoms with van der Waals surface area (Å²) in [5, 5.41) is 0. The Morgan fingerprint density at radius 3 is 2.46 bits per heavy atom. The zero-order chi connectivity index (χ0) is 17.3. The van der Waals surface area contributed by atoms with Gasteiger partial charge in [0.2, 0.25) is 5.79 Å². The molecule has 1 saturated carbocycles. The molecule has 5 fully saturated rings. The Morgan fingerprint density at radius 2 is 1.75 bits per heavy atom. The lowest BCUT2D eigenvalue weighted by Gasteiger charge is -2.60. The molecule has 4 aliphatic heterocycles. The predicted octanol–water partition coefficient (Wildman–Crippen LogP) is 4.01. The summed E-state index contributed by atoms with van der Waals surface area (Å²) in [4.78, 5) is 12.0. The smallest absolute Gasteiger partial charge is 0.201 e. The molecule has 0 aromatic rings. The van der Waals surface area contributed by atoms with Gasteiger partial charge >= 0.3 is 0 Å². The van der Waals surface area contributed by atoms with Gasteiger partial charge in [0.15, 0.2) is 18.2 Å². The largest absolute Gasteiger partial charge is 0.347 e. The van der Waals surface area contributed by atoms with Crippen molar-refractivity contribution >= 4 is 0 Å². The molecule has 1 aliphatic carbocycles. The molecule has 0 aromatic heterocycles. The first-order valence-corrected chi connectivity index (χ1v) is 9.52. The summed E-state index contributed by atoms with van der Waals surface area (Å²) in [7, 11) is 0. The Labute approximate surface area is 145 Å². The van der Waals surface area contributed by atoms with E-state index in [4.69, 9.17) is 24.0 Å². The number of fused-ring (bicyclic) bond motifs is 2. The fourth-order valence-corrected chi connectivity index (χ4v) is 5.36. The maximum atomic E-state index is 6.38. The van der Waals surface area contributed by atoms with E-state index in [1.54, 1.807) is 0 Å². The molecule has 0 N–H and O–H groups in total. The van der Waals surface area contributed by atoms with Crippen molar-refractivity contribution in [3.05, 3.63) is 0 Å². The highest BCUT2D eigenvalue weighted by atomic mass is 17.3. The normalized spacial score (nSPS) is 54.2. The maximum absolute atomic E-state index is 6.38. The molecule has 0 aromatic carbocycles. The molecule has 5 nitrogen and oxygen atoms in total. The third kappa shape index (κ3) is 2.47. The molecule has 5 heteroatoms. The van der Waals surface area contributed by atoms with Gasteiger partial charge in [-0.25, -0.2) is 9.78 Å². The molecular formula is C19H32O5. The van der Waals surface area contributed by atoms with E-state index in [1.807, 2.05) is 6.92 Å². The van der Waals surface area contributed by atoms with Crippen molar-refractivity contribution in [3.63, 3.8) is 0 Å². The molecule has 1 unspecified atom stereocenters. The number of hydrogen-bond acceptors (Lipinski definition) is 5. The molecule has 0 radical (unpaired) electrons. The van der Waals surface area contributed by atoms with Gasteiger partial charge in [0.25, 0.3) is 0 Å². The Balaban J connectivity index is 1.72. The first kappa shape index (κ1) is 17.2. The van der Waals surface area contributed by atoms with Gasteiger partial charge in [-0.05, 0) is 58.8 Å². The molecule has 8 atom stereocenters. The van der Waals surface area contributed by atoms with Crippen LogP contribution in [0.2, 0.25) is 0 Å². The van der Waals surface area contributed by atoms with E-state index >= 15 is 0 Å². The lowest BCUT2D eigenvalue weighted by atomic mass is 9.58. The van der Waals surface area contributed by atoms with Crippen molar-refractivity contribution in [2.45, 2.75) is 96.8 Å². The molecule has 0 amide bonds. The average Bonchev–Trinajstić information content (AvgIpc) is 2.69. The van der Waals surface area contributed by atoms with E-state index in [9.17, 15) is 0 Å². The summed E-state index contributed by atoms with van der Waals surface area (Å²) in [6, 6.07) is 0. The fraction of sp³-hybridized carbons (Fsp3) is 1.00. The average molecular weight is 340 g/mol. The third-order valence-electron chi connectivity index (χ3n) is 6.57. The van der Waals surface area contributed by atoms with Crippen LogP contribution < -0.4 is 0 Å². The van der Waals surface area contributed by atoms with Gasteiger partial charge in [0, 0.05) is 18.3 Å². The van der Waals surface area contributed by atoms with E-state index < -0.39 is 17.7 Å². The minimum Gasteiger partial charge on any atom is -0.347 e. The molecule has 5 aliphatic rings. The molecule has 1 spiro atoms. The summed E-state index contributed by atoms with van der Waals surface area (Å²) < 4.78 is 18.9. The van der Waals surface area contributed by atoms with Gasteiger partial charge < -0.3 is 14.2 Å². The van der Waals surface area contributed by atoms with Crippen LogP contribution in [0.3, 0.4) is 0 Å². The minimum absolute atomic E-state index is 0.241. The van der Waals surface area contributed by atoms with Gasteiger partial charge in [0.05, 0.1) is 5.60 Å². The topological polar surface area (TPSA) is 46.2 Å². The third-order valence-corrected chi connectivity index (χ3v) is 6.57. The number of hydrogen-bond donors (Lipinski definition) is 0. The van der Waals surface area contributed by atoms with Crippen LogP contribution in [0.1, 0.15) is 67.2 Å². The Bertz CT molecular complexity index is 502. The van der Waals surface area contributed by atoms with Gasteiger partial charge in [-0.2, -0.15) is 0 Å². The highest BCUT2D eigenvalue weighted by molar-refractivity contribution is 5.09. The second kappa shape index (κ2) is 5.40. The zero-order valence-electron chi connectivity index (χ0n) is 15.8. The first-order valence-electron chi connectivity index (χ1n) is 9.52. The second-order valence-corrected chi connectivity index (χ2v) is 9.50. The quantitative estimate of drug-likeness (QED) is 0.675.